The second kappa shape index (κ2) is 7.12. The van der Waals surface area contributed by atoms with Gasteiger partial charge in [0.25, 0.3) is 15.9 Å². The largest absolute Gasteiger partial charge is 0.459 e. The van der Waals surface area contributed by atoms with Crippen molar-refractivity contribution < 1.29 is 17.6 Å². The van der Waals surface area contributed by atoms with Crippen LogP contribution in [0.3, 0.4) is 0 Å². The average Bonchev–Trinajstić information content (AvgIpc) is 3.10. The molecule has 0 spiro atoms. The summed E-state index contributed by atoms with van der Waals surface area (Å²) in [6, 6.07) is 15.8. The molecule has 0 unspecified atom stereocenters. The van der Waals surface area contributed by atoms with Crippen LogP contribution in [-0.4, -0.2) is 14.3 Å². The van der Waals surface area contributed by atoms with Gasteiger partial charge in [-0.05, 0) is 54.6 Å². The van der Waals surface area contributed by atoms with E-state index >= 15 is 0 Å². The van der Waals surface area contributed by atoms with Gasteiger partial charge in [0.05, 0.1) is 16.8 Å². The molecule has 0 saturated carbocycles. The molecule has 1 aromatic heterocycles. The Kier molecular flexibility index (Phi) is 4.91. The van der Waals surface area contributed by atoms with E-state index in [1.807, 2.05) is 0 Å². The van der Waals surface area contributed by atoms with E-state index in [2.05, 4.69) is 26.0 Å². The molecule has 0 aliphatic heterocycles. The maximum absolute atomic E-state index is 12.4. The number of carbonyl (C=O) groups is 1. The number of carbonyl (C=O) groups excluding carboxylic acids is 1. The molecule has 0 aliphatic rings. The molecule has 8 heteroatoms. The highest BCUT2D eigenvalue weighted by Gasteiger charge is 2.15. The smallest absolute Gasteiger partial charge is 0.291 e. The van der Waals surface area contributed by atoms with Crippen molar-refractivity contribution in [3.05, 3.63) is 77.2 Å². The Hall–Kier alpha value is -2.58. The van der Waals surface area contributed by atoms with Gasteiger partial charge in [-0.2, -0.15) is 0 Å². The van der Waals surface area contributed by atoms with Gasteiger partial charge in [0.1, 0.15) is 0 Å². The average molecular weight is 421 g/mol. The van der Waals surface area contributed by atoms with Crippen LogP contribution in [0.1, 0.15) is 10.6 Å². The summed E-state index contributed by atoms with van der Waals surface area (Å²) < 4.78 is 33.1. The molecule has 0 aliphatic carbocycles. The quantitative estimate of drug-likeness (QED) is 0.650. The molecule has 2 N–H and O–H groups in total. The fraction of sp³-hybridized carbons (Fsp3) is 0. The van der Waals surface area contributed by atoms with E-state index in [-0.39, 0.29) is 10.7 Å². The lowest BCUT2D eigenvalue weighted by Crippen LogP contribution is -2.14. The van der Waals surface area contributed by atoms with E-state index in [0.717, 1.165) is 4.47 Å². The molecule has 128 valence electrons. The minimum absolute atomic E-state index is 0.140. The lowest BCUT2D eigenvalue weighted by molar-refractivity contribution is 0.0996. The maximum Gasteiger partial charge on any atom is 0.291 e. The first-order chi connectivity index (χ1) is 11.9. The minimum Gasteiger partial charge on any atom is -0.459 e. The first kappa shape index (κ1) is 17.2. The third kappa shape index (κ3) is 4.28. The van der Waals surface area contributed by atoms with E-state index in [4.69, 9.17) is 4.42 Å². The van der Waals surface area contributed by atoms with Crippen LogP contribution < -0.4 is 10.0 Å². The number of nitrogens with one attached hydrogen (secondary N) is 2. The maximum atomic E-state index is 12.4. The fourth-order valence-electron chi connectivity index (χ4n) is 2.09. The number of amides is 1. The molecule has 0 fully saturated rings. The third-order valence-corrected chi connectivity index (χ3v) is 5.17. The van der Waals surface area contributed by atoms with Gasteiger partial charge in [-0.1, -0.05) is 22.0 Å². The van der Waals surface area contributed by atoms with E-state index < -0.39 is 15.9 Å². The standard InChI is InChI=1S/C17H13BrN2O4S/c18-12-6-8-15(9-7-12)25(22,23)20-14-4-1-3-13(11-14)19-17(21)16-5-2-10-24-16/h1-11,20H,(H,19,21). The summed E-state index contributed by atoms with van der Waals surface area (Å²) in [6.07, 6.45) is 1.40. The molecule has 0 radical (unpaired) electrons. The molecular formula is C17H13BrN2O4S. The molecule has 3 aromatic rings. The molecule has 0 saturated heterocycles. The summed E-state index contributed by atoms with van der Waals surface area (Å²) in [6.45, 7) is 0. The van der Waals surface area contributed by atoms with Crippen molar-refractivity contribution in [3.63, 3.8) is 0 Å². The van der Waals surface area contributed by atoms with Crippen LogP contribution in [0.15, 0.2) is 80.7 Å². The number of hydrogen-bond acceptors (Lipinski definition) is 4. The predicted molar refractivity (Wildman–Crippen MR) is 98.1 cm³/mol. The van der Waals surface area contributed by atoms with E-state index in [9.17, 15) is 13.2 Å². The highest BCUT2D eigenvalue weighted by atomic mass is 79.9. The van der Waals surface area contributed by atoms with Crippen LogP contribution in [0.2, 0.25) is 0 Å². The van der Waals surface area contributed by atoms with Crippen LogP contribution in [0, 0.1) is 0 Å². The van der Waals surface area contributed by atoms with Gasteiger partial charge < -0.3 is 9.73 Å². The number of hydrogen-bond donors (Lipinski definition) is 2. The third-order valence-electron chi connectivity index (χ3n) is 3.24. The van der Waals surface area contributed by atoms with Gasteiger partial charge in [-0.25, -0.2) is 8.42 Å². The SMILES string of the molecule is O=C(Nc1cccc(NS(=O)(=O)c2ccc(Br)cc2)c1)c1ccco1. The van der Waals surface area contributed by atoms with Crippen LogP contribution in [-0.2, 0) is 10.0 Å². The van der Waals surface area contributed by atoms with Crippen molar-refractivity contribution >= 4 is 43.2 Å². The van der Waals surface area contributed by atoms with Gasteiger partial charge in [-0.15, -0.1) is 0 Å². The second-order valence-electron chi connectivity index (χ2n) is 5.07. The summed E-state index contributed by atoms with van der Waals surface area (Å²) in [4.78, 5) is 12.1. The predicted octanol–water partition coefficient (Wildman–Crippen LogP) is 4.10. The van der Waals surface area contributed by atoms with E-state index in [0.29, 0.717) is 11.4 Å². The first-order valence-electron chi connectivity index (χ1n) is 7.17. The topological polar surface area (TPSA) is 88.4 Å². The summed E-state index contributed by atoms with van der Waals surface area (Å²) in [5.41, 5.74) is 0.776. The zero-order valence-electron chi connectivity index (χ0n) is 12.8. The molecule has 0 atom stereocenters. The number of halogens is 1. The van der Waals surface area contributed by atoms with E-state index in [1.165, 1.54) is 30.5 Å². The van der Waals surface area contributed by atoms with Crippen LogP contribution in [0.25, 0.3) is 0 Å². The number of anilines is 2. The molecule has 1 heterocycles. The molecule has 0 bridgehead atoms. The lowest BCUT2D eigenvalue weighted by Gasteiger charge is -2.10. The Morgan fingerprint density at radius 2 is 1.68 bits per heavy atom. The monoisotopic (exact) mass is 420 g/mol. The van der Waals surface area contributed by atoms with Crippen molar-refractivity contribution in [2.75, 3.05) is 10.0 Å². The Labute approximate surface area is 153 Å². The zero-order valence-corrected chi connectivity index (χ0v) is 15.2. The van der Waals surface area contributed by atoms with Crippen molar-refractivity contribution in [3.8, 4) is 0 Å². The molecule has 1 amide bonds. The second-order valence-corrected chi connectivity index (χ2v) is 7.67. The van der Waals surface area contributed by atoms with Crippen LogP contribution in [0.4, 0.5) is 11.4 Å². The molecule has 6 nitrogen and oxygen atoms in total. The highest BCUT2D eigenvalue weighted by molar-refractivity contribution is 9.10. The van der Waals surface area contributed by atoms with Crippen molar-refractivity contribution in [1.82, 2.24) is 0 Å². The normalized spacial score (nSPS) is 11.1. The van der Waals surface area contributed by atoms with Gasteiger partial charge in [0, 0.05) is 10.2 Å². The Morgan fingerprint density at radius 1 is 0.960 bits per heavy atom. The lowest BCUT2D eigenvalue weighted by atomic mass is 10.3. The number of rotatable bonds is 5. The van der Waals surface area contributed by atoms with Gasteiger partial charge >= 0.3 is 0 Å². The fourth-order valence-corrected chi connectivity index (χ4v) is 3.40. The highest BCUT2D eigenvalue weighted by Crippen LogP contribution is 2.21. The van der Waals surface area contributed by atoms with Crippen LogP contribution in [0.5, 0.6) is 0 Å². The first-order valence-corrected chi connectivity index (χ1v) is 9.45. The van der Waals surface area contributed by atoms with Crippen molar-refractivity contribution in [1.29, 1.82) is 0 Å². The Balaban J connectivity index is 1.77. The summed E-state index contributed by atoms with van der Waals surface area (Å²) in [5, 5.41) is 2.64. The zero-order chi connectivity index (χ0) is 17.9. The van der Waals surface area contributed by atoms with E-state index in [1.54, 1.807) is 36.4 Å². The molecule has 3 rings (SSSR count). The summed E-state index contributed by atoms with van der Waals surface area (Å²) >= 11 is 3.26. The van der Waals surface area contributed by atoms with Crippen molar-refractivity contribution in [2.24, 2.45) is 0 Å². The van der Waals surface area contributed by atoms with Gasteiger partial charge in [0.2, 0.25) is 0 Å². The number of furan rings is 1. The van der Waals surface area contributed by atoms with Crippen LogP contribution >= 0.6 is 15.9 Å². The molecule has 25 heavy (non-hydrogen) atoms. The Morgan fingerprint density at radius 3 is 2.36 bits per heavy atom. The summed E-state index contributed by atoms with van der Waals surface area (Å²) in [5.74, 6) is -0.251. The minimum atomic E-state index is -3.72. The van der Waals surface area contributed by atoms with Crippen molar-refractivity contribution in [2.45, 2.75) is 4.90 Å². The molecular weight excluding hydrogens is 408 g/mol. The number of sulfonamides is 1. The summed E-state index contributed by atoms with van der Waals surface area (Å²) in [7, 11) is -3.72. The number of benzene rings is 2. The van der Waals surface area contributed by atoms with Gasteiger partial charge in [0.15, 0.2) is 5.76 Å². The van der Waals surface area contributed by atoms with Gasteiger partial charge in [-0.3, -0.25) is 9.52 Å². The molecule has 2 aromatic carbocycles. The Bertz CT molecular complexity index is 984.